The first-order valence-corrected chi connectivity index (χ1v) is 22.2. The molecule has 8 nitrogen and oxygen atoms in total. The van der Waals surface area contributed by atoms with Gasteiger partial charge in [0.2, 0.25) is 5.91 Å². The van der Waals surface area contributed by atoms with Crippen LogP contribution < -0.4 is 16.7 Å². The van der Waals surface area contributed by atoms with Crippen LogP contribution >= 0.6 is 0 Å². The number of nitrogens with two attached hydrogens (primary N) is 1. The van der Waals surface area contributed by atoms with Crippen LogP contribution in [0.4, 0.5) is 5.82 Å². The highest BCUT2D eigenvalue weighted by Crippen LogP contribution is 2.12. The number of aromatic nitrogens is 2. The standard InChI is InChI=1S/C45H82N4O4/c1-3-5-7-9-11-13-15-17-19-21-23-25-27-29-31-33-37-52-41-42(39-47-44(50)40-49-36-35-43(46)48-45(49)51)53-38-34-32-30-28-26-24-22-20-18-16-14-12-10-8-6-4-2/h17-20,35-36,42H,3-16,21-34,37-41H2,1-2H3,(H,47,50)(H2,46,48,51)/b19-17+,20-18+. The summed E-state index contributed by atoms with van der Waals surface area (Å²) in [6.45, 7) is 6.58. The normalized spacial score (nSPS) is 12.3. The Morgan fingerprint density at radius 2 is 1.11 bits per heavy atom. The molecule has 306 valence electrons. The minimum Gasteiger partial charge on any atom is -0.383 e. The van der Waals surface area contributed by atoms with Crippen molar-refractivity contribution >= 4 is 11.7 Å². The van der Waals surface area contributed by atoms with Gasteiger partial charge < -0.3 is 20.5 Å². The Balaban J connectivity index is 2.19. The van der Waals surface area contributed by atoms with Crippen molar-refractivity contribution in [3.63, 3.8) is 0 Å². The maximum atomic E-state index is 12.6. The smallest absolute Gasteiger partial charge is 0.349 e. The quantitative estimate of drug-likeness (QED) is 0.0513. The lowest BCUT2D eigenvalue weighted by molar-refractivity contribution is -0.122. The van der Waals surface area contributed by atoms with Crippen LogP contribution in [0.2, 0.25) is 0 Å². The fourth-order valence-electron chi connectivity index (χ4n) is 6.43. The van der Waals surface area contributed by atoms with Crippen LogP contribution in [-0.4, -0.2) is 47.9 Å². The average molecular weight is 743 g/mol. The number of nitrogens with zero attached hydrogens (tertiary/aromatic N) is 2. The van der Waals surface area contributed by atoms with E-state index >= 15 is 0 Å². The Morgan fingerprint density at radius 1 is 0.679 bits per heavy atom. The molecule has 3 N–H and O–H groups in total. The molecule has 1 aromatic heterocycles. The largest absolute Gasteiger partial charge is 0.383 e. The van der Waals surface area contributed by atoms with Gasteiger partial charge in [-0.25, -0.2) is 4.79 Å². The lowest BCUT2D eigenvalue weighted by Gasteiger charge is -2.19. The number of hydrogen-bond acceptors (Lipinski definition) is 6. The summed E-state index contributed by atoms with van der Waals surface area (Å²) in [6, 6.07) is 1.51. The lowest BCUT2D eigenvalue weighted by atomic mass is 10.1. The van der Waals surface area contributed by atoms with Crippen molar-refractivity contribution in [3.8, 4) is 0 Å². The first-order valence-electron chi connectivity index (χ1n) is 22.2. The molecule has 1 unspecified atom stereocenters. The molecule has 0 aromatic carbocycles. The summed E-state index contributed by atoms with van der Waals surface area (Å²) in [5.74, 6) is -0.122. The van der Waals surface area contributed by atoms with Crippen molar-refractivity contribution in [2.24, 2.45) is 0 Å². The third kappa shape index (κ3) is 32.7. The zero-order chi connectivity index (χ0) is 38.3. The predicted octanol–water partition coefficient (Wildman–Crippen LogP) is 11.4. The second-order valence-electron chi connectivity index (χ2n) is 15.0. The number of rotatable bonds is 39. The van der Waals surface area contributed by atoms with Gasteiger partial charge in [-0.05, 0) is 70.3 Å². The summed E-state index contributed by atoms with van der Waals surface area (Å²) >= 11 is 0. The first-order chi connectivity index (χ1) is 26.1. The molecule has 8 heteroatoms. The Bertz CT molecular complexity index is 1070. The van der Waals surface area contributed by atoms with E-state index in [4.69, 9.17) is 15.2 Å². The second kappa shape index (κ2) is 37.8. The summed E-state index contributed by atoms with van der Waals surface area (Å²) in [4.78, 5) is 28.3. The first kappa shape index (κ1) is 48.6. The van der Waals surface area contributed by atoms with E-state index in [0.717, 1.165) is 19.3 Å². The molecule has 0 radical (unpaired) electrons. The van der Waals surface area contributed by atoms with Gasteiger partial charge in [0, 0.05) is 26.0 Å². The number of carbonyl (C=O) groups excluding carboxylic acids is 1. The van der Waals surface area contributed by atoms with Gasteiger partial charge in [-0.1, -0.05) is 154 Å². The molecule has 0 aliphatic rings. The molecule has 0 aliphatic heterocycles. The molecular formula is C45H82N4O4. The molecule has 1 heterocycles. The van der Waals surface area contributed by atoms with Crippen LogP contribution in [-0.2, 0) is 20.8 Å². The van der Waals surface area contributed by atoms with Crippen molar-refractivity contribution in [1.82, 2.24) is 14.9 Å². The van der Waals surface area contributed by atoms with Crippen molar-refractivity contribution in [3.05, 3.63) is 47.1 Å². The van der Waals surface area contributed by atoms with E-state index in [1.54, 1.807) is 0 Å². The third-order valence-corrected chi connectivity index (χ3v) is 9.85. The average Bonchev–Trinajstić information content (AvgIpc) is 3.15. The Hall–Kier alpha value is -2.45. The van der Waals surface area contributed by atoms with Crippen LogP contribution in [0.1, 0.15) is 194 Å². The van der Waals surface area contributed by atoms with E-state index in [0.29, 0.717) is 26.4 Å². The summed E-state index contributed by atoms with van der Waals surface area (Å²) < 4.78 is 13.4. The fraction of sp³-hybridized carbons (Fsp3) is 0.800. The van der Waals surface area contributed by atoms with Gasteiger partial charge in [-0.3, -0.25) is 9.36 Å². The van der Waals surface area contributed by atoms with E-state index in [2.05, 4.69) is 48.5 Å². The van der Waals surface area contributed by atoms with Crippen molar-refractivity contribution < 1.29 is 14.3 Å². The molecule has 1 rings (SSSR count). The highest BCUT2D eigenvalue weighted by molar-refractivity contribution is 5.75. The maximum Gasteiger partial charge on any atom is 0.349 e. The number of allylic oxidation sites excluding steroid dienone is 4. The number of nitrogens with one attached hydrogen (secondary N) is 1. The SMILES string of the molecule is CCCCCCCC/C=C/CCCCCCCCOCC(CNC(=O)Cn1ccc(N)nc1=O)OCCCCCCCC/C=C/CCCCCCCC. The highest BCUT2D eigenvalue weighted by Gasteiger charge is 2.13. The molecule has 0 bridgehead atoms. The summed E-state index contributed by atoms with van der Waals surface area (Å²) in [5.41, 5.74) is 5.04. The van der Waals surface area contributed by atoms with Crippen LogP contribution in [0.3, 0.4) is 0 Å². The zero-order valence-corrected chi connectivity index (χ0v) is 34.5. The molecule has 0 spiro atoms. The molecule has 1 amide bonds. The maximum absolute atomic E-state index is 12.6. The predicted molar refractivity (Wildman–Crippen MR) is 225 cm³/mol. The number of carbonyl (C=O) groups is 1. The minimum atomic E-state index is -0.535. The van der Waals surface area contributed by atoms with Crippen molar-refractivity contribution in [2.75, 3.05) is 32.1 Å². The lowest BCUT2D eigenvalue weighted by Crippen LogP contribution is -2.39. The molecule has 0 saturated carbocycles. The van der Waals surface area contributed by atoms with Gasteiger partial charge in [-0.15, -0.1) is 0 Å². The van der Waals surface area contributed by atoms with Gasteiger partial charge in [0.25, 0.3) is 0 Å². The number of anilines is 1. The van der Waals surface area contributed by atoms with E-state index < -0.39 is 5.69 Å². The Labute approximate surface area is 325 Å². The molecule has 0 saturated heterocycles. The molecule has 0 fully saturated rings. The van der Waals surface area contributed by atoms with Gasteiger partial charge in [0.05, 0.1) is 12.7 Å². The van der Waals surface area contributed by atoms with E-state index in [1.807, 2.05) is 0 Å². The summed E-state index contributed by atoms with van der Waals surface area (Å²) in [6.07, 6.45) is 46.6. The monoisotopic (exact) mass is 743 g/mol. The Kier molecular flexibility index (Phi) is 34.7. The van der Waals surface area contributed by atoms with Crippen molar-refractivity contribution in [1.29, 1.82) is 0 Å². The number of nitrogen functional groups attached to an aromatic ring is 1. The third-order valence-electron chi connectivity index (χ3n) is 9.85. The van der Waals surface area contributed by atoms with Gasteiger partial charge >= 0.3 is 5.69 Å². The fourth-order valence-corrected chi connectivity index (χ4v) is 6.43. The number of amides is 1. The van der Waals surface area contributed by atoms with Crippen LogP contribution in [0.5, 0.6) is 0 Å². The summed E-state index contributed by atoms with van der Waals surface area (Å²) in [7, 11) is 0. The molecule has 1 atom stereocenters. The van der Waals surface area contributed by atoms with E-state index in [-0.39, 0.29) is 24.4 Å². The molecule has 53 heavy (non-hydrogen) atoms. The van der Waals surface area contributed by atoms with E-state index in [1.165, 1.54) is 177 Å². The minimum absolute atomic E-state index is 0.107. The topological polar surface area (TPSA) is 108 Å². The van der Waals surface area contributed by atoms with Gasteiger partial charge in [-0.2, -0.15) is 4.98 Å². The van der Waals surface area contributed by atoms with Gasteiger partial charge in [0.15, 0.2) is 0 Å². The van der Waals surface area contributed by atoms with Crippen LogP contribution in [0.25, 0.3) is 0 Å². The zero-order valence-electron chi connectivity index (χ0n) is 34.5. The molecular weight excluding hydrogens is 661 g/mol. The van der Waals surface area contributed by atoms with Gasteiger partial charge in [0.1, 0.15) is 12.4 Å². The summed E-state index contributed by atoms with van der Waals surface area (Å²) in [5, 5.41) is 2.92. The van der Waals surface area contributed by atoms with E-state index in [9.17, 15) is 9.59 Å². The molecule has 1 aromatic rings. The Morgan fingerprint density at radius 3 is 1.58 bits per heavy atom. The highest BCUT2D eigenvalue weighted by atomic mass is 16.5. The second-order valence-corrected chi connectivity index (χ2v) is 15.0. The number of unbranched alkanes of at least 4 members (excludes halogenated alkanes) is 24. The van der Waals surface area contributed by atoms with Crippen molar-refractivity contribution in [2.45, 2.75) is 206 Å². The van der Waals surface area contributed by atoms with Crippen LogP contribution in [0.15, 0.2) is 41.4 Å². The van der Waals surface area contributed by atoms with Crippen LogP contribution in [0, 0.1) is 0 Å². The number of hydrogen-bond donors (Lipinski definition) is 2. The number of ether oxygens (including phenoxy) is 2. The molecule has 0 aliphatic carbocycles.